The van der Waals surface area contributed by atoms with Crippen molar-refractivity contribution in [1.29, 1.82) is 0 Å². The average molecular weight is 1100 g/mol. The van der Waals surface area contributed by atoms with Gasteiger partial charge in [-0.15, -0.1) is 0 Å². The van der Waals surface area contributed by atoms with Gasteiger partial charge >= 0.3 is 5.97 Å². The van der Waals surface area contributed by atoms with E-state index in [-0.39, 0.29) is 18.5 Å². The van der Waals surface area contributed by atoms with E-state index < -0.39 is 12.1 Å². The molecule has 0 heterocycles. The van der Waals surface area contributed by atoms with E-state index in [0.29, 0.717) is 19.4 Å². The highest BCUT2D eigenvalue weighted by Gasteiger charge is 2.18. The Kier molecular flexibility index (Phi) is 66.4. The molecule has 0 aliphatic carbocycles. The Labute approximate surface area is 488 Å². The molecule has 78 heavy (non-hydrogen) atoms. The van der Waals surface area contributed by atoms with Gasteiger partial charge in [-0.1, -0.05) is 353 Å². The van der Waals surface area contributed by atoms with Crippen molar-refractivity contribution < 1.29 is 24.5 Å². The van der Waals surface area contributed by atoms with Crippen LogP contribution in [0.2, 0.25) is 0 Å². The maximum Gasteiger partial charge on any atom is 0.305 e. The lowest BCUT2D eigenvalue weighted by molar-refractivity contribution is -0.143. The van der Waals surface area contributed by atoms with Gasteiger partial charge in [0.05, 0.1) is 25.4 Å². The van der Waals surface area contributed by atoms with Crippen LogP contribution in [0.3, 0.4) is 0 Å². The van der Waals surface area contributed by atoms with Crippen LogP contribution in [0.25, 0.3) is 0 Å². The monoisotopic (exact) mass is 1100 g/mol. The molecule has 2 atom stereocenters. The quantitative estimate of drug-likeness (QED) is 0.0320. The summed E-state index contributed by atoms with van der Waals surface area (Å²) in [6.07, 6.45) is 85.4. The molecule has 2 unspecified atom stereocenters. The first-order chi connectivity index (χ1) is 38.5. The Morgan fingerprint density at radius 3 is 0.910 bits per heavy atom. The van der Waals surface area contributed by atoms with Crippen molar-refractivity contribution in [2.75, 3.05) is 13.2 Å². The number of hydrogen-bond donors (Lipinski definition) is 3. The number of aliphatic hydroxyl groups excluding tert-OH is 2. The van der Waals surface area contributed by atoms with Gasteiger partial charge in [-0.25, -0.2) is 0 Å². The maximum absolute atomic E-state index is 12.5. The van der Waals surface area contributed by atoms with Crippen molar-refractivity contribution in [1.82, 2.24) is 5.32 Å². The normalized spacial score (nSPS) is 12.6. The number of carbonyl (C=O) groups is 2. The fourth-order valence-corrected chi connectivity index (χ4v) is 11.3. The Hall–Kier alpha value is -1.66. The molecule has 0 radical (unpaired) electrons. The molecule has 0 aliphatic heterocycles. The number of hydrogen-bond acceptors (Lipinski definition) is 5. The number of carbonyl (C=O) groups excluding carboxylic acids is 2. The molecule has 0 saturated carbocycles. The lowest BCUT2D eigenvalue weighted by atomic mass is 10.0. The van der Waals surface area contributed by atoms with Crippen molar-refractivity contribution in [3.8, 4) is 0 Å². The van der Waals surface area contributed by atoms with Crippen LogP contribution in [0.15, 0.2) is 24.3 Å². The summed E-state index contributed by atoms with van der Waals surface area (Å²) in [5, 5.41) is 23.2. The third kappa shape index (κ3) is 63.5. The number of esters is 1. The third-order valence-electron chi connectivity index (χ3n) is 16.7. The van der Waals surface area contributed by atoms with Gasteiger partial charge in [-0.05, 0) is 57.8 Å². The topological polar surface area (TPSA) is 95.9 Å². The number of amides is 1. The van der Waals surface area contributed by atoms with Crippen LogP contribution in [0.1, 0.15) is 399 Å². The standard InChI is InChI=1S/C72H139NO5/c1-3-5-7-9-11-13-15-17-19-21-29-34-38-42-46-50-54-58-62-66-72(77)78-67-63-59-55-51-47-43-39-35-31-28-26-24-22-23-25-27-30-33-37-41-45-49-53-57-61-65-71(76)73-69(68-74)70(75)64-60-56-52-48-44-40-36-32-20-18-16-14-12-10-8-6-4-2/h23,25,60,64,69-70,74-75H,3-22,24,26-59,61-63,65-68H2,1-2H3,(H,73,76)/b25-23-,64-60+. The minimum absolute atomic E-state index is 0.0186. The molecule has 0 aromatic carbocycles. The second-order valence-electron chi connectivity index (χ2n) is 24.6. The predicted octanol–water partition coefficient (Wildman–Crippen LogP) is 22.9. The van der Waals surface area contributed by atoms with E-state index in [1.54, 1.807) is 6.08 Å². The van der Waals surface area contributed by atoms with Crippen molar-refractivity contribution in [2.24, 2.45) is 0 Å². The van der Waals surface area contributed by atoms with E-state index in [1.165, 1.54) is 334 Å². The third-order valence-corrected chi connectivity index (χ3v) is 16.7. The molecule has 3 N–H and O–H groups in total. The average Bonchev–Trinajstić information content (AvgIpc) is 3.44. The summed E-state index contributed by atoms with van der Waals surface area (Å²) in [6.45, 7) is 4.94. The first-order valence-corrected chi connectivity index (χ1v) is 35.6. The van der Waals surface area contributed by atoms with Crippen molar-refractivity contribution in [2.45, 2.75) is 411 Å². The minimum atomic E-state index is -0.847. The van der Waals surface area contributed by atoms with Crippen LogP contribution < -0.4 is 5.32 Å². The first kappa shape index (κ1) is 76.3. The Bertz CT molecular complexity index is 1220. The Morgan fingerprint density at radius 2 is 0.603 bits per heavy atom. The van der Waals surface area contributed by atoms with Crippen molar-refractivity contribution in [3.63, 3.8) is 0 Å². The van der Waals surface area contributed by atoms with Crippen molar-refractivity contribution >= 4 is 11.9 Å². The van der Waals surface area contributed by atoms with Gasteiger partial charge in [0.25, 0.3) is 0 Å². The second kappa shape index (κ2) is 67.8. The molecule has 462 valence electrons. The fraction of sp³-hybridized carbons (Fsp3) is 0.917. The molecule has 0 saturated heterocycles. The minimum Gasteiger partial charge on any atom is -0.466 e. The van der Waals surface area contributed by atoms with E-state index >= 15 is 0 Å². The SMILES string of the molecule is CCCCCCCCCCCCCCCCC/C=C/C(O)C(CO)NC(=O)CCCCCCCCCCC/C=C\CCCCCCCCCCCCCCOC(=O)CCCCCCCCCCCCCCCCCCCCC. The fourth-order valence-electron chi connectivity index (χ4n) is 11.3. The number of aliphatic hydroxyl groups is 2. The van der Waals surface area contributed by atoms with E-state index in [1.807, 2.05) is 6.08 Å². The van der Waals surface area contributed by atoms with E-state index in [9.17, 15) is 19.8 Å². The van der Waals surface area contributed by atoms with Crippen LogP contribution >= 0.6 is 0 Å². The number of nitrogens with one attached hydrogen (secondary N) is 1. The Morgan fingerprint density at radius 1 is 0.346 bits per heavy atom. The van der Waals surface area contributed by atoms with Crippen molar-refractivity contribution in [3.05, 3.63) is 24.3 Å². The van der Waals surface area contributed by atoms with E-state index in [0.717, 1.165) is 38.5 Å². The van der Waals surface area contributed by atoms with Gasteiger partial charge in [0.1, 0.15) is 0 Å². The molecule has 1 amide bonds. The van der Waals surface area contributed by atoms with Crippen LogP contribution in [0.5, 0.6) is 0 Å². The second-order valence-corrected chi connectivity index (χ2v) is 24.6. The van der Waals surface area contributed by atoms with Gasteiger partial charge in [0, 0.05) is 12.8 Å². The number of allylic oxidation sites excluding steroid dienone is 3. The molecule has 0 aromatic heterocycles. The first-order valence-electron chi connectivity index (χ1n) is 35.6. The zero-order chi connectivity index (χ0) is 56.4. The highest BCUT2D eigenvalue weighted by Crippen LogP contribution is 2.19. The molecule has 0 fully saturated rings. The van der Waals surface area contributed by atoms with E-state index in [4.69, 9.17) is 4.74 Å². The highest BCUT2D eigenvalue weighted by atomic mass is 16.5. The molecule has 0 spiro atoms. The van der Waals surface area contributed by atoms with Gasteiger partial charge < -0.3 is 20.3 Å². The maximum atomic E-state index is 12.5. The smallest absolute Gasteiger partial charge is 0.305 e. The largest absolute Gasteiger partial charge is 0.466 e. The lowest BCUT2D eigenvalue weighted by Crippen LogP contribution is -2.45. The molecule has 6 heteroatoms. The zero-order valence-electron chi connectivity index (χ0n) is 52.9. The molecule has 0 bridgehead atoms. The number of rotatable bonds is 67. The Balaban J connectivity index is 3.39. The summed E-state index contributed by atoms with van der Waals surface area (Å²) in [5.41, 5.74) is 0. The van der Waals surface area contributed by atoms with Gasteiger partial charge in [0.15, 0.2) is 0 Å². The summed E-state index contributed by atoms with van der Waals surface area (Å²) in [7, 11) is 0. The molecular weight excluding hydrogens is 959 g/mol. The van der Waals surface area contributed by atoms with Gasteiger partial charge in [-0.3, -0.25) is 9.59 Å². The summed E-state index contributed by atoms with van der Waals surface area (Å²) in [4.78, 5) is 24.6. The zero-order valence-corrected chi connectivity index (χ0v) is 52.9. The summed E-state index contributed by atoms with van der Waals surface area (Å²) >= 11 is 0. The van der Waals surface area contributed by atoms with Crippen LogP contribution in [-0.4, -0.2) is 47.4 Å². The number of unbranched alkanes of at least 4 members (excludes halogenated alkanes) is 54. The molecule has 6 nitrogen and oxygen atoms in total. The van der Waals surface area contributed by atoms with Crippen LogP contribution in [0, 0.1) is 0 Å². The summed E-state index contributed by atoms with van der Waals surface area (Å²) in [6, 6.07) is -0.630. The van der Waals surface area contributed by atoms with Crippen LogP contribution in [0.4, 0.5) is 0 Å². The summed E-state index contributed by atoms with van der Waals surface area (Å²) < 4.78 is 5.51. The molecule has 0 aliphatic rings. The molecule has 0 aromatic rings. The summed E-state index contributed by atoms with van der Waals surface area (Å²) in [5.74, 6) is -0.0494. The highest BCUT2D eigenvalue weighted by molar-refractivity contribution is 5.76. The molecule has 0 rings (SSSR count). The molecular formula is C72H139NO5. The van der Waals surface area contributed by atoms with Crippen LogP contribution in [-0.2, 0) is 14.3 Å². The lowest BCUT2D eigenvalue weighted by Gasteiger charge is -2.20. The number of ether oxygens (including phenoxy) is 1. The van der Waals surface area contributed by atoms with Gasteiger partial charge in [0.2, 0.25) is 5.91 Å². The van der Waals surface area contributed by atoms with E-state index in [2.05, 4.69) is 31.3 Å². The van der Waals surface area contributed by atoms with Gasteiger partial charge in [-0.2, -0.15) is 0 Å². The predicted molar refractivity (Wildman–Crippen MR) is 343 cm³/mol.